The Kier molecular flexibility index (Phi) is 10.7. The first-order chi connectivity index (χ1) is 22.0. The Labute approximate surface area is 263 Å². The van der Waals surface area contributed by atoms with Gasteiger partial charge >= 0.3 is 11.9 Å². The minimum Gasteiger partial charge on any atom is -0.494 e. The lowest BCUT2D eigenvalue weighted by Crippen LogP contribution is -2.28. The molecule has 5 aromatic rings. The van der Waals surface area contributed by atoms with E-state index in [0.717, 1.165) is 33.2 Å². The highest BCUT2D eigenvalue weighted by Gasteiger charge is 2.29. The van der Waals surface area contributed by atoms with E-state index in [-0.39, 0.29) is 19.6 Å². The van der Waals surface area contributed by atoms with Crippen LogP contribution < -0.4 is 9.47 Å². The number of nitrogens with zero attached hydrogens (tertiary/aromatic N) is 2. The standard InChI is InChI=1S/C37H36N2O6/c1-3-42-36(40)32(37(41)43-4-2)16-11-21-44-31-20-19-28-22-30(18-17-29(28)23-31)35-38-33(27-14-9-6-10-15-27)24-34(39-35)45-25-26-12-7-5-8-13-26/h5-10,12-15,17-20,22-24,32H,3-4,11,16,21,25H2,1-2H3. The SMILES string of the molecule is CCOC(=O)C(CCCOc1ccc2cc(-c3nc(OCc4ccccc4)cc(-c4ccccc4)n3)ccc2c1)C(=O)OCC. The van der Waals surface area contributed by atoms with Crippen molar-refractivity contribution in [2.45, 2.75) is 33.3 Å². The molecule has 0 unspecified atom stereocenters. The molecule has 8 nitrogen and oxygen atoms in total. The van der Waals surface area contributed by atoms with E-state index in [2.05, 4.69) is 0 Å². The summed E-state index contributed by atoms with van der Waals surface area (Å²) in [5.74, 6) is -0.316. The minimum absolute atomic E-state index is 0.206. The number of aromatic nitrogens is 2. The molecule has 4 aromatic carbocycles. The van der Waals surface area contributed by atoms with Crippen LogP contribution >= 0.6 is 0 Å². The molecule has 230 valence electrons. The van der Waals surface area contributed by atoms with Crippen LogP contribution in [0.2, 0.25) is 0 Å². The Morgan fingerprint density at radius 1 is 0.689 bits per heavy atom. The lowest BCUT2D eigenvalue weighted by molar-refractivity contribution is -0.162. The number of fused-ring (bicyclic) bond motifs is 1. The van der Waals surface area contributed by atoms with Gasteiger partial charge in [-0.1, -0.05) is 78.9 Å². The predicted molar refractivity (Wildman–Crippen MR) is 173 cm³/mol. The zero-order valence-electron chi connectivity index (χ0n) is 25.5. The third kappa shape index (κ3) is 8.44. The number of hydrogen-bond acceptors (Lipinski definition) is 8. The number of carbonyl (C=O) groups is 2. The molecule has 0 aliphatic carbocycles. The van der Waals surface area contributed by atoms with Gasteiger partial charge in [0.25, 0.3) is 0 Å². The fourth-order valence-corrected chi connectivity index (χ4v) is 4.86. The Balaban J connectivity index is 1.30. The third-order valence-electron chi connectivity index (χ3n) is 7.12. The average molecular weight is 605 g/mol. The largest absolute Gasteiger partial charge is 0.494 e. The number of hydrogen-bond donors (Lipinski definition) is 0. The Morgan fingerprint density at radius 3 is 2.07 bits per heavy atom. The van der Waals surface area contributed by atoms with Crippen molar-refractivity contribution in [2.24, 2.45) is 5.92 Å². The summed E-state index contributed by atoms with van der Waals surface area (Å²) in [5.41, 5.74) is 3.67. The summed E-state index contributed by atoms with van der Waals surface area (Å²) in [4.78, 5) is 34.1. The number of esters is 2. The molecule has 0 amide bonds. The highest BCUT2D eigenvalue weighted by atomic mass is 16.6. The average Bonchev–Trinajstić information content (AvgIpc) is 3.08. The van der Waals surface area contributed by atoms with Crippen molar-refractivity contribution < 1.29 is 28.5 Å². The fraction of sp³-hybridized carbons (Fsp3) is 0.243. The quantitative estimate of drug-likeness (QED) is 0.0733. The summed E-state index contributed by atoms with van der Waals surface area (Å²) in [6.45, 7) is 4.57. The van der Waals surface area contributed by atoms with E-state index >= 15 is 0 Å². The summed E-state index contributed by atoms with van der Waals surface area (Å²) in [5, 5.41) is 2.00. The highest BCUT2D eigenvalue weighted by Crippen LogP contribution is 2.29. The third-order valence-corrected chi connectivity index (χ3v) is 7.12. The topological polar surface area (TPSA) is 96.8 Å². The number of ether oxygens (including phenoxy) is 4. The molecule has 0 saturated carbocycles. The van der Waals surface area contributed by atoms with Gasteiger partial charge in [-0.25, -0.2) is 4.98 Å². The van der Waals surface area contributed by atoms with Crippen LogP contribution in [0.3, 0.4) is 0 Å². The molecular weight excluding hydrogens is 568 g/mol. The van der Waals surface area contributed by atoms with Gasteiger partial charge in [0.15, 0.2) is 11.7 Å². The van der Waals surface area contributed by atoms with Crippen molar-refractivity contribution >= 4 is 22.7 Å². The van der Waals surface area contributed by atoms with E-state index < -0.39 is 17.9 Å². The van der Waals surface area contributed by atoms with Crippen molar-refractivity contribution in [3.05, 3.63) is 109 Å². The highest BCUT2D eigenvalue weighted by molar-refractivity contribution is 5.94. The zero-order valence-corrected chi connectivity index (χ0v) is 25.5. The normalized spacial score (nSPS) is 10.9. The van der Waals surface area contributed by atoms with E-state index in [9.17, 15) is 9.59 Å². The maximum absolute atomic E-state index is 12.2. The molecule has 0 saturated heterocycles. The molecule has 45 heavy (non-hydrogen) atoms. The Morgan fingerprint density at radius 2 is 1.36 bits per heavy atom. The molecule has 0 N–H and O–H groups in total. The van der Waals surface area contributed by atoms with Crippen molar-refractivity contribution in [3.63, 3.8) is 0 Å². The fourth-order valence-electron chi connectivity index (χ4n) is 4.86. The number of rotatable bonds is 14. The van der Waals surface area contributed by atoms with E-state index in [1.54, 1.807) is 13.8 Å². The smallest absolute Gasteiger partial charge is 0.320 e. The molecule has 1 aromatic heterocycles. The molecule has 0 radical (unpaired) electrons. The molecule has 1 heterocycles. The van der Waals surface area contributed by atoms with Crippen LogP contribution in [0.15, 0.2) is 103 Å². The second-order valence-corrected chi connectivity index (χ2v) is 10.3. The van der Waals surface area contributed by atoms with Gasteiger partial charge in [0.2, 0.25) is 5.88 Å². The molecule has 0 fully saturated rings. The first kappa shape index (κ1) is 31.2. The maximum Gasteiger partial charge on any atom is 0.320 e. The van der Waals surface area contributed by atoms with Crippen LogP contribution in [0.1, 0.15) is 32.3 Å². The van der Waals surface area contributed by atoms with Crippen LogP contribution in [0.4, 0.5) is 0 Å². The van der Waals surface area contributed by atoms with Gasteiger partial charge in [-0.05, 0) is 61.2 Å². The van der Waals surface area contributed by atoms with E-state index in [0.29, 0.717) is 37.1 Å². The van der Waals surface area contributed by atoms with Gasteiger partial charge < -0.3 is 18.9 Å². The zero-order chi connectivity index (χ0) is 31.4. The molecule has 0 spiro atoms. The summed E-state index contributed by atoms with van der Waals surface area (Å²) in [6, 6.07) is 33.7. The lowest BCUT2D eigenvalue weighted by Gasteiger charge is -2.14. The van der Waals surface area contributed by atoms with E-state index in [4.69, 9.17) is 28.9 Å². The van der Waals surface area contributed by atoms with Crippen LogP contribution in [-0.2, 0) is 25.7 Å². The maximum atomic E-state index is 12.2. The summed E-state index contributed by atoms with van der Waals surface area (Å²) in [7, 11) is 0. The summed E-state index contributed by atoms with van der Waals surface area (Å²) >= 11 is 0. The summed E-state index contributed by atoms with van der Waals surface area (Å²) < 4.78 is 22.2. The molecule has 0 atom stereocenters. The van der Waals surface area contributed by atoms with Crippen molar-refractivity contribution in [3.8, 4) is 34.3 Å². The number of carbonyl (C=O) groups excluding carboxylic acids is 2. The molecule has 8 heteroatoms. The van der Waals surface area contributed by atoms with Gasteiger partial charge in [0, 0.05) is 17.2 Å². The van der Waals surface area contributed by atoms with Crippen molar-refractivity contribution in [1.29, 1.82) is 0 Å². The van der Waals surface area contributed by atoms with Crippen LogP contribution in [0.5, 0.6) is 11.6 Å². The molecule has 0 aliphatic rings. The van der Waals surface area contributed by atoms with Gasteiger partial charge in [-0.2, -0.15) is 4.98 Å². The number of benzene rings is 4. The molecule has 0 bridgehead atoms. The Bertz CT molecular complexity index is 1710. The predicted octanol–water partition coefficient (Wildman–Crippen LogP) is 7.44. The van der Waals surface area contributed by atoms with Gasteiger partial charge in [0.05, 0.1) is 25.5 Å². The first-order valence-electron chi connectivity index (χ1n) is 15.2. The van der Waals surface area contributed by atoms with Crippen LogP contribution in [0.25, 0.3) is 33.4 Å². The van der Waals surface area contributed by atoms with Crippen LogP contribution in [0, 0.1) is 5.92 Å². The van der Waals surface area contributed by atoms with Crippen molar-refractivity contribution in [1.82, 2.24) is 9.97 Å². The van der Waals surface area contributed by atoms with Gasteiger partial charge in [0.1, 0.15) is 12.4 Å². The van der Waals surface area contributed by atoms with Crippen molar-refractivity contribution in [2.75, 3.05) is 19.8 Å². The van der Waals surface area contributed by atoms with Crippen LogP contribution in [-0.4, -0.2) is 41.7 Å². The summed E-state index contributed by atoms with van der Waals surface area (Å²) in [6.07, 6.45) is 0.775. The van der Waals surface area contributed by atoms with E-state index in [1.807, 2.05) is 103 Å². The molecular formula is C37H36N2O6. The van der Waals surface area contributed by atoms with E-state index in [1.165, 1.54) is 0 Å². The molecule has 5 rings (SSSR count). The van der Waals surface area contributed by atoms with Gasteiger partial charge in [-0.3, -0.25) is 9.59 Å². The molecule has 0 aliphatic heterocycles. The lowest BCUT2D eigenvalue weighted by atomic mass is 10.0. The van der Waals surface area contributed by atoms with Gasteiger partial charge in [-0.15, -0.1) is 0 Å². The second-order valence-electron chi connectivity index (χ2n) is 10.3. The minimum atomic E-state index is -0.949. The first-order valence-corrected chi connectivity index (χ1v) is 15.2. The monoisotopic (exact) mass is 604 g/mol. The second kappa shape index (κ2) is 15.5. The Hall–Kier alpha value is -5.24.